The molecule has 2 aromatic carbocycles. The van der Waals surface area contributed by atoms with Crippen LogP contribution in [0.5, 0.6) is 5.75 Å². The van der Waals surface area contributed by atoms with Gasteiger partial charge in [0.25, 0.3) is 0 Å². The van der Waals surface area contributed by atoms with Crippen LogP contribution in [0.4, 0.5) is 5.69 Å². The van der Waals surface area contributed by atoms with E-state index in [1.54, 1.807) is 7.11 Å². The highest BCUT2D eigenvalue weighted by molar-refractivity contribution is 9.10. The highest BCUT2D eigenvalue weighted by Gasteiger charge is 2.10. The van der Waals surface area contributed by atoms with Crippen LogP contribution >= 0.6 is 27.5 Å². The average molecular weight is 355 g/mol. The van der Waals surface area contributed by atoms with Crippen LogP contribution in [0.15, 0.2) is 34.8 Å². The number of hydrogen-bond acceptors (Lipinski definition) is 2. The van der Waals surface area contributed by atoms with Gasteiger partial charge in [0.15, 0.2) is 5.75 Å². The molecule has 20 heavy (non-hydrogen) atoms. The molecule has 2 aromatic rings. The number of hydrogen-bond donors (Lipinski definition) is 1. The van der Waals surface area contributed by atoms with Gasteiger partial charge in [-0.1, -0.05) is 29.8 Å². The minimum absolute atomic E-state index is 0.668. The first-order chi connectivity index (χ1) is 9.52. The largest absolute Gasteiger partial charge is 0.493 e. The maximum absolute atomic E-state index is 6.09. The van der Waals surface area contributed by atoms with Crippen LogP contribution in [0.25, 0.3) is 0 Å². The lowest BCUT2D eigenvalue weighted by molar-refractivity contribution is 0.414. The molecule has 0 atom stereocenters. The second kappa shape index (κ2) is 6.51. The Morgan fingerprint density at radius 3 is 2.70 bits per heavy atom. The number of halogens is 2. The van der Waals surface area contributed by atoms with Gasteiger partial charge in [-0.05, 0) is 58.6 Å². The summed E-state index contributed by atoms with van der Waals surface area (Å²) < 4.78 is 6.25. The third-order valence-corrected chi connectivity index (χ3v) is 4.21. The maximum Gasteiger partial charge on any atom is 0.156 e. The van der Waals surface area contributed by atoms with E-state index in [2.05, 4.69) is 53.3 Å². The van der Waals surface area contributed by atoms with Crippen LogP contribution in [-0.2, 0) is 6.54 Å². The van der Waals surface area contributed by atoms with Gasteiger partial charge in [-0.25, -0.2) is 0 Å². The lowest BCUT2D eigenvalue weighted by Crippen LogP contribution is -2.04. The Morgan fingerprint density at radius 2 is 2.00 bits per heavy atom. The molecule has 0 saturated heterocycles. The van der Waals surface area contributed by atoms with Gasteiger partial charge in [0.2, 0.25) is 0 Å². The van der Waals surface area contributed by atoms with Crippen molar-refractivity contribution in [3.05, 3.63) is 56.5 Å². The van der Waals surface area contributed by atoms with Gasteiger partial charge in [-0.15, -0.1) is 0 Å². The molecule has 0 saturated carbocycles. The second-order valence-electron chi connectivity index (χ2n) is 4.68. The van der Waals surface area contributed by atoms with Crippen LogP contribution in [0.3, 0.4) is 0 Å². The van der Waals surface area contributed by atoms with Crippen LogP contribution in [0, 0.1) is 13.8 Å². The van der Waals surface area contributed by atoms with Crippen molar-refractivity contribution in [2.24, 2.45) is 0 Å². The van der Waals surface area contributed by atoms with Crippen LogP contribution in [0.2, 0.25) is 5.02 Å². The molecule has 0 radical (unpaired) electrons. The van der Waals surface area contributed by atoms with E-state index in [0.29, 0.717) is 5.02 Å². The summed E-state index contributed by atoms with van der Waals surface area (Å²) in [6.07, 6.45) is 0. The van der Waals surface area contributed by atoms with Crippen molar-refractivity contribution >= 4 is 33.2 Å². The molecule has 1 N–H and O–H groups in total. The summed E-state index contributed by atoms with van der Waals surface area (Å²) in [6.45, 7) is 4.99. The van der Waals surface area contributed by atoms with Gasteiger partial charge in [-0.2, -0.15) is 0 Å². The first kappa shape index (κ1) is 15.2. The Kier molecular flexibility index (Phi) is 4.95. The molecule has 0 bridgehead atoms. The molecule has 0 fully saturated rings. The van der Waals surface area contributed by atoms with E-state index in [1.807, 2.05) is 12.1 Å². The number of benzene rings is 2. The highest BCUT2D eigenvalue weighted by Crippen LogP contribution is 2.36. The van der Waals surface area contributed by atoms with E-state index < -0.39 is 0 Å². The normalized spacial score (nSPS) is 10.4. The highest BCUT2D eigenvalue weighted by atomic mass is 79.9. The van der Waals surface area contributed by atoms with Gasteiger partial charge in [0.05, 0.1) is 17.3 Å². The van der Waals surface area contributed by atoms with Crippen molar-refractivity contribution in [1.29, 1.82) is 0 Å². The fourth-order valence-electron chi connectivity index (χ4n) is 2.09. The SMILES string of the molecule is COc1c(Br)cc(Cl)cc1NCc1cccc(C)c1C. The monoisotopic (exact) mass is 353 g/mol. The van der Waals surface area contributed by atoms with Gasteiger partial charge >= 0.3 is 0 Å². The lowest BCUT2D eigenvalue weighted by atomic mass is 10.0. The van der Waals surface area contributed by atoms with Crippen molar-refractivity contribution in [2.75, 3.05) is 12.4 Å². The van der Waals surface area contributed by atoms with Gasteiger partial charge in [-0.3, -0.25) is 0 Å². The quantitative estimate of drug-likeness (QED) is 0.800. The van der Waals surface area contributed by atoms with E-state index in [9.17, 15) is 0 Å². The summed E-state index contributed by atoms with van der Waals surface area (Å²) in [5, 5.41) is 4.06. The molecule has 0 spiro atoms. The van der Waals surface area contributed by atoms with Crippen molar-refractivity contribution in [3.8, 4) is 5.75 Å². The zero-order valence-electron chi connectivity index (χ0n) is 11.8. The zero-order valence-corrected chi connectivity index (χ0v) is 14.1. The fraction of sp³-hybridized carbons (Fsp3) is 0.250. The molecule has 0 aliphatic carbocycles. The van der Waals surface area contributed by atoms with Crippen LogP contribution in [-0.4, -0.2) is 7.11 Å². The van der Waals surface area contributed by atoms with Crippen molar-refractivity contribution in [3.63, 3.8) is 0 Å². The smallest absolute Gasteiger partial charge is 0.156 e. The molecule has 0 heterocycles. The topological polar surface area (TPSA) is 21.3 Å². The molecule has 2 nitrogen and oxygen atoms in total. The molecular formula is C16H17BrClNO. The number of nitrogens with one attached hydrogen (secondary N) is 1. The molecule has 4 heteroatoms. The Bertz CT molecular complexity index is 628. The van der Waals surface area contributed by atoms with E-state index in [-0.39, 0.29) is 0 Å². The predicted octanol–water partition coefficient (Wildman–Crippen LogP) is 5.34. The summed E-state index contributed by atoms with van der Waals surface area (Å²) in [6, 6.07) is 10.0. The summed E-state index contributed by atoms with van der Waals surface area (Å²) in [7, 11) is 1.65. The third-order valence-electron chi connectivity index (χ3n) is 3.40. The Balaban J connectivity index is 2.25. The maximum atomic E-state index is 6.09. The summed E-state index contributed by atoms with van der Waals surface area (Å²) in [5.74, 6) is 0.764. The molecule has 2 rings (SSSR count). The number of methoxy groups -OCH3 is 1. The van der Waals surface area contributed by atoms with Gasteiger partial charge < -0.3 is 10.1 Å². The molecule has 0 amide bonds. The van der Waals surface area contributed by atoms with E-state index in [0.717, 1.165) is 22.5 Å². The van der Waals surface area contributed by atoms with Gasteiger partial charge in [0, 0.05) is 11.6 Å². The van der Waals surface area contributed by atoms with E-state index >= 15 is 0 Å². The fourth-order valence-corrected chi connectivity index (χ4v) is 3.07. The summed E-state index contributed by atoms with van der Waals surface area (Å²) >= 11 is 9.55. The Morgan fingerprint density at radius 1 is 1.25 bits per heavy atom. The molecule has 0 aromatic heterocycles. The van der Waals surface area contributed by atoms with Crippen LogP contribution < -0.4 is 10.1 Å². The second-order valence-corrected chi connectivity index (χ2v) is 5.97. The number of rotatable bonds is 4. The van der Waals surface area contributed by atoms with Crippen molar-refractivity contribution in [1.82, 2.24) is 0 Å². The summed E-state index contributed by atoms with van der Waals surface area (Å²) in [5.41, 5.74) is 4.75. The molecule has 106 valence electrons. The molecule has 0 aliphatic rings. The van der Waals surface area contributed by atoms with Crippen LogP contribution in [0.1, 0.15) is 16.7 Å². The van der Waals surface area contributed by atoms with E-state index in [4.69, 9.17) is 16.3 Å². The van der Waals surface area contributed by atoms with Gasteiger partial charge in [0.1, 0.15) is 0 Å². The minimum Gasteiger partial charge on any atom is -0.493 e. The Hall–Kier alpha value is -1.19. The average Bonchev–Trinajstić information content (AvgIpc) is 2.40. The van der Waals surface area contributed by atoms with Crippen molar-refractivity contribution < 1.29 is 4.74 Å². The third kappa shape index (κ3) is 3.28. The minimum atomic E-state index is 0.668. The van der Waals surface area contributed by atoms with E-state index in [1.165, 1.54) is 16.7 Å². The zero-order chi connectivity index (χ0) is 14.7. The lowest BCUT2D eigenvalue weighted by Gasteiger charge is -2.15. The molecular weight excluding hydrogens is 338 g/mol. The number of anilines is 1. The predicted molar refractivity (Wildman–Crippen MR) is 88.9 cm³/mol. The first-order valence-corrected chi connectivity index (χ1v) is 7.52. The molecule has 0 aliphatic heterocycles. The van der Waals surface area contributed by atoms with Crippen molar-refractivity contribution in [2.45, 2.75) is 20.4 Å². The first-order valence-electron chi connectivity index (χ1n) is 6.35. The molecule has 0 unspecified atom stereocenters. The standard InChI is InChI=1S/C16H17BrClNO/c1-10-5-4-6-12(11(10)2)9-19-15-8-13(18)7-14(17)16(15)20-3/h4-8,19H,9H2,1-3H3. The number of aryl methyl sites for hydroxylation is 1. The number of ether oxygens (including phenoxy) is 1. The Labute approximate surface area is 133 Å². The summed E-state index contributed by atoms with van der Waals surface area (Å²) in [4.78, 5) is 0.